The van der Waals surface area contributed by atoms with Crippen molar-refractivity contribution in [2.75, 3.05) is 19.8 Å². The van der Waals surface area contributed by atoms with Crippen LogP contribution in [0.2, 0.25) is 0 Å². The summed E-state index contributed by atoms with van der Waals surface area (Å²) in [5.74, 6) is 0. The van der Waals surface area contributed by atoms with Crippen LogP contribution >= 0.6 is 0 Å². The largest absolute Gasteiger partial charge is 0.393 e. The molecule has 3 unspecified atom stereocenters. The van der Waals surface area contributed by atoms with Crippen molar-refractivity contribution >= 4 is 0 Å². The summed E-state index contributed by atoms with van der Waals surface area (Å²) in [5, 5.41) is 8.52. The molecule has 2 saturated heterocycles. The van der Waals surface area contributed by atoms with Gasteiger partial charge in [0, 0.05) is 0 Å². The van der Waals surface area contributed by atoms with Gasteiger partial charge in [-0.15, -0.1) is 0 Å². The molecule has 3 atom stereocenters. The minimum atomic E-state index is -0.172. The molecule has 0 aromatic heterocycles. The quantitative estimate of drug-likeness (QED) is 0.619. The van der Waals surface area contributed by atoms with Gasteiger partial charge in [0.25, 0.3) is 0 Å². The van der Waals surface area contributed by atoms with E-state index in [0.717, 1.165) is 6.61 Å². The summed E-state index contributed by atoms with van der Waals surface area (Å²) in [5.41, 5.74) is 0. The molecule has 2 aliphatic heterocycles. The van der Waals surface area contributed by atoms with Crippen LogP contribution in [-0.2, 0) is 14.2 Å². The van der Waals surface area contributed by atoms with Gasteiger partial charge in [-0.05, 0) is 0 Å². The highest BCUT2D eigenvalue weighted by Crippen LogP contribution is 2.23. The molecule has 4 nitrogen and oxygen atoms in total. The summed E-state index contributed by atoms with van der Waals surface area (Å²) in [7, 11) is 0. The highest BCUT2D eigenvalue weighted by molar-refractivity contribution is 4.77. The molecule has 12 heavy (non-hydrogen) atoms. The van der Waals surface area contributed by atoms with E-state index in [-0.39, 0.29) is 25.1 Å². The molecular formula is C8H16O4. The fourth-order valence-electron chi connectivity index (χ4n) is 0.769. The summed E-state index contributed by atoms with van der Waals surface area (Å²) in [6.45, 7) is 5.45. The number of ether oxygens (including phenoxy) is 3. The fraction of sp³-hybridized carbons (Fsp3) is 1.00. The monoisotopic (exact) mass is 176 g/mol. The number of hydrogen-bond acceptors (Lipinski definition) is 4. The summed E-state index contributed by atoms with van der Waals surface area (Å²) >= 11 is 0. The highest BCUT2D eigenvalue weighted by Gasteiger charge is 2.40. The summed E-state index contributed by atoms with van der Waals surface area (Å²) in [6.07, 6.45) is 0.0245. The molecule has 0 radical (unpaired) electrons. The Kier molecular flexibility index (Phi) is 3.94. The third kappa shape index (κ3) is 3.06. The van der Waals surface area contributed by atoms with Gasteiger partial charge < -0.3 is 19.3 Å². The second-order valence-corrected chi connectivity index (χ2v) is 2.51. The van der Waals surface area contributed by atoms with E-state index < -0.39 is 0 Å². The number of rotatable bonds is 4. The Balaban J connectivity index is 0.000000336. The molecule has 2 aliphatic rings. The standard InChI is InChI=1S/C6H10O4.C2H6/c7-1-5-6(10-5)9-3-4-2-8-4;1-2/h4-7H,1-3H2;1-2H3. The van der Waals surface area contributed by atoms with Gasteiger partial charge in [-0.1, -0.05) is 13.8 Å². The van der Waals surface area contributed by atoms with E-state index in [1.807, 2.05) is 13.8 Å². The fourth-order valence-corrected chi connectivity index (χ4v) is 0.769. The Labute approximate surface area is 72.4 Å². The third-order valence-electron chi connectivity index (χ3n) is 1.56. The topological polar surface area (TPSA) is 54.5 Å². The van der Waals surface area contributed by atoms with Crippen molar-refractivity contribution in [2.45, 2.75) is 32.3 Å². The maximum absolute atomic E-state index is 8.52. The molecule has 2 heterocycles. The number of hydrogen-bond donors (Lipinski definition) is 1. The van der Waals surface area contributed by atoms with E-state index in [1.54, 1.807) is 0 Å². The van der Waals surface area contributed by atoms with Crippen LogP contribution in [0.15, 0.2) is 0 Å². The van der Waals surface area contributed by atoms with Crippen LogP contribution in [0.1, 0.15) is 13.8 Å². The molecular weight excluding hydrogens is 160 g/mol. The van der Waals surface area contributed by atoms with Crippen molar-refractivity contribution in [3.8, 4) is 0 Å². The third-order valence-corrected chi connectivity index (χ3v) is 1.56. The molecule has 0 spiro atoms. The second kappa shape index (κ2) is 4.77. The van der Waals surface area contributed by atoms with E-state index in [0.29, 0.717) is 6.61 Å². The van der Waals surface area contributed by atoms with Crippen molar-refractivity contribution < 1.29 is 19.3 Å². The average Bonchev–Trinajstić information content (AvgIpc) is 3.01. The second-order valence-electron chi connectivity index (χ2n) is 2.51. The van der Waals surface area contributed by atoms with E-state index in [2.05, 4.69) is 0 Å². The normalized spacial score (nSPS) is 36.8. The SMILES string of the molecule is CC.OCC1OC1OCC1CO1. The van der Waals surface area contributed by atoms with Gasteiger partial charge in [0.2, 0.25) is 0 Å². The molecule has 0 amide bonds. The van der Waals surface area contributed by atoms with Gasteiger partial charge in [0.1, 0.15) is 12.2 Å². The van der Waals surface area contributed by atoms with E-state index in [9.17, 15) is 0 Å². The van der Waals surface area contributed by atoms with Gasteiger partial charge >= 0.3 is 0 Å². The molecule has 0 aliphatic carbocycles. The molecule has 1 N–H and O–H groups in total. The molecule has 2 rings (SSSR count). The van der Waals surface area contributed by atoms with Crippen LogP contribution in [0.4, 0.5) is 0 Å². The van der Waals surface area contributed by atoms with Gasteiger partial charge in [0.15, 0.2) is 6.29 Å². The lowest BCUT2D eigenvalue weighted by Gasteiger charge is -1.93. The Bertz CT molecular complexity index is 124. The van der Waals surface area contributed by atoms with Crippen LogP contribution in [0.3, 0.4) is 0 Å². The first kappa shape index (κ1) is 9.92. The average molecular weight is 176 g/mol. The lowest BCUT2D eigenvalue weighted by molar-refractivity contribution is 0.0405. The van der Waals surface area contributed by atoms with Crippen molar-refractivity contribution in [2.24, 2.45) is 0 Å². The van der Waals surface area contributed by atoms with E-state index in [1.165, 1.54) is 0 Å². The van der Waals surface area contributed by atoms with Crippen molar-refractivity contribution in [3.63, 3.8) is 0 Å². The first-order chi connectivity index (χ1) is 5.90. The summed E-state index contributed by atoms with van der Waals surface area (Å²) in [4.78, 5) is 0. The lowest BCUT2D eigenvalue weighted by atomic mass is 10.5. The number of aliphatic hydroxyl groups is 1. The van der Waals surface area contributed by atoms with Gasteiger partial charge in [-0.3, -0.25) is 0 Å². The first-order valence-corrected chi connectivity index (χ1v) is 4.39. The Morgan fingerprint density at radius 1 is 1.50 bits per heavy atom. The molecule has 0 bridgehead atoms. The first-order valence-electron chi connectivity index (χ1n) is 4.39. The van der Waals surface area contributed by atoms with Gasteiger partial charge in [0.05, 0.1) is 19.8 Å². The lowest BCUT2D eigenvalue weighted by Crippen LogP contribution is -2.08. The Morgan fingerprint density at radius 2 is 2.17 bits per heavy atom. The molecule has 0 aromatic rings. The van der Waals surface area contributed by atoms with Crippen molar-refractivity contribution in [3.05, 3.63) is 0 Å². The van der Waals surface area contributed by atoms with Crippen LogP contribution in [-0.4, -0.2) is 43.4 Å². The predicted molar refractivity (Wildman–Crippen MR) is 42.8 cm³/mol. The maximum atomic E-state index is 8.52. The van der Waals surface area contributed by atoms with Gasteiger partial charge in [-0.25, -0.2) is 0 Å². The van der Waals surface area contributed by atoms with E-state index >= 15 is 0 Å². The minimum Gasteiger partial charge on any atom is -0.393 e. The van der Waals surface area contributed by atoms with Crippen LogP contribution in [0.25, 0.3) is 0 Å². The highest BCUT2D eigenvalue weighted by atomic mass is 16.8. The smallest absolute Gasteiger partial charge is 0.186 e. The summed E-state index contributed by atoms with van der Waals surface area (Å²) in [6, 6.07) is 0. The zero-order chi connectivity index (χ0) is 8.97. The van der Waals surface area contributed by atoms with Crippen LogP contribution in [0, 0.1) is 0 Å². The van der Waals surface area contributed by atoms with Crippen LogP contribution < -0.4 is 0 Å². The molecule has 2 fully saturated rings. The Hall–Kier alpha value is -0.160. The minimum absolute atomic E-state index is 0.0518. The van der Waals surface area contributed by atoms with Gasteiger partial charge in [-0.2, -0.15) is 0 Å². The predicted octanol–water partition coefficient (Wildman–Crippen LogP) is 0.145. The number of aliphatic hydroxyl groups excluding tert-OH is 1. The zero-order valence-corrected chi connectivity index (χ0v) is 7.53. The van der Waals surface area contributed by atoms with Crippen molar-refractivity contribution in [1.29, 1.82) is 0 Å². The molecule has 0 saturated carbocycles. The van der Waals surface area contributed by atoms with E-state index in [4.69, 9.17) is 19.3 Å². The Morgan fingerprint density at radius 3 is 2.58 bits per heavy atom. The summed E-state index contributed by atoms with van der Waals surface area (Å²) < 4.78 is 15.0. The molecule has 0 aromatic carbocycles. The van der Waals surface area contributed by atoms with Crippen molar-refractivity contribution in [1.82, 2.24) is 0 Å². The molecule has 72 valence electrons. The number of epoxide rings is 2. The maximum Gasteiger partial charge on any atom is 0.186 e. The van der Waals surface area contributed by atoms with Crippen LogP contribution in [0.5, 0.6) is 0 Å². The zero-order valence-electron chi connectivity index (χ0n) is 7.53. The molecule has 4 heteroatoms.